The first-order chi connectivity index (χ1) is 25.7. The Hall–Kier alpha value is -3.13. The van der Waals surface area contributed by atoms with Crippen molar-refractivity contribution in [2.75, 3.05) is 6.61 Å². The van der Waals surface area contributed by atoms with Crippen molar-refractivity contribution in [1.82, 2.24) is 0 Å². The predicted molar refractivity (Wildman–Crippen MR) is 243 cm³/mol. The number of carbonyl (C=O) groups excluding carboxylic acids is 1. The SMILES string of the molecule is CCOC(=O)/C=[14C](\C)CC/C=C(\C)CC/C=C(\C)CC/C=C(\C)CC/C=C(\C)CC/C=C(\C)CC/C=C(\C)CC/C=C(\C)CC/C=C(\C)CCC=C(C)C. The van der Waals surface area contributed by atoms with Gasteiger partial charge in [0.05, 0.1) is 6.61 Å². The average Bonchev–Trinajstić information content (AvgIpc) is 3.08. The van der Waals surface area contributed by atoms with Crippen LogP contribution in [0.15, 0.2) is 116 Å². The second kappa shape index (κ2) is 33.2. The van der Waals surface area contributed by atoms with E-state index in [0.717, 1.165) is 89.0 Å². The van der Waals surface area contributed by atoms with Crippen molar-refractivity contribution >= 4 is 5.97 Å². The number of rotatable bonds is 29. The highest BCUT2D eigenvalue weighted by molar-refractivity contribution is 5.82. The summed E-state index contributed by atoms with van der Waals surface area (Å²) in [5.74, 6) is -0.233. The standard InChI is InChI=1S/C52H84O2/c1-13-54-52(53)41-51(12)40-22-39-50(11)38-21-37-49(10)36-20-35-48(9)34-19-33-47(8)32-18-31-46(7)30-17-29-45(6)28-16-27-44(5)26-15-25-43(4)24-14-23-42(2)3/h23,25,27,29,31,33,35,37,39,41H,13-22,24,26,28,30,32,34,36,38,40H2,1-12H3/b43-25+,44-27+,45-29+,46-31+,47-33+,48-35+,49-37+,50-39+,51-41+/i51+2. The van der Waals surface area contributed by atoms with E-state index >= 15 is 0 Å². The van der Waals surface area contributed by atoms with Crippen LogP contribution in [-0.4, -0.2) is 12.6 Å². The van der Waals surface area contributed by atoms with Gasteiger partial charge in [0, 0.05) is 6.08 Å². The molecule has 0 N–H and O–H groups in total. The normalized spacial score (nSPS) is 14.6. The van der Waals surface area contributed by atoms with E-state index in [9.17, 15) is 4.79 Å². The van der Waals surface area contributed by atoms with Gasteiger partial charge in [0.25, 0.3) is 0 Å². The molecule has 0 bridgehead atoms. The fraction of sp³-hybridized carbons (Fsp3) is 0.596. The Kier molecular flexibility index (Phi) is 31.3. The van der Waals surface area contributed by atoms with E-state index in [-0.39, 0.29) is 5.97 Å². The van der Waals surface area contributed by atoms with Gasteiger partial charge in [-0.05, 0) is 199 Å². The molecule has 0 atom stereocenters. The first-order valence-electron chi connectivity index (χ1n) is 21.4. The van der Waals surface area contributed by atoms with E-state index in [4.69, 9.17) is 4.74 Å². The third-order valence-electron chi connectivity index (χ3n) is 9.99. The molecule has 0 radical (unpaired) electrons. The zero-order valence-corrected chi connectivity index (χ0v) is 37.5. The molecule has 304 valence electrons. The summed E-state index contributed by atoms with van der Waals surface area (Å²) in [5.41, 5.74) is 14.5. The molecule has 2 heteroatoms. The Labute approximate surface area is 336 Å². The van der Waals surface area contributed by atoms with Gasteiger partial charge in [0.15, 0.2) is 0 Å². The molecule has 0 amide bonds. The Bertz CT molecular complexity index is 1370. The lowest BCUT2D eigenvalue weighted by molar-refractivity contribution is -0.137. The maximum atomic E-state index is 11.6. The quantitative estimate of drug-likeness (QED) is 0.0433. The van der Waals surface area contributed by atoms with Gasteiger partial charge < -0.3 is 4.74 Å². The highest BCUT2D eigenvalue weighted by atomic mass is 16.5. The Morgan fingerprint density at radius 2 is 0.648 bits per heavy atom. The average molecular weight is 743 g/mol. The van der Waals surface area contributed by atoms with E-state index in [0.29, 0.717) is 6.61 Å². The van der Waals surface area contributed by atoms with Crippen molar-refractivity contribution in [3.63, 3.8) is 0 Å². The maximum absolute atomic E-state index is 11.6. The number of carbonyl (C=O) groups is 1. The van der Waals surface area contributed by atoms with Gasteiger partial charge in [-0.1, -0.05) is 110 Å². The summed E-state index contributed by atoms with van der Waals surface area (Å²) in [6.07, 6.45) is 43.6. The van der Waals surface area contributed by atoms with Crippen LogP contribution in [0.25, 0.3) is 0 Å². The molecule has 0 rings (SSSR count). The van der Waals surface area contributed by atoms with E-state index in [1.807, 2.05) is 13.8 Å². The van der Waals surface area contributed by atoms with Crippen LogP contribution in [0.3, 0.4) is 0 Å². The van der Waals surface area contributed by atoms with Crippen LogP contribution in [0.4, 0.5) is 0 Å². The summed E-state index contributed by atoms with van der Waals surface area (Å²) in [7, 11) is 0. The highest BCUT2D eigenvalue weighted by Gasteiger charge is 1.99. The number of allylic oxidation sites excluding steroid dienone is 19. The van der Waals surface area contributed by atoms with Gasteiger partial charge in [0.1, 0.15) is 0 Å². The number of hydrogen-bond donors (Lipinski definition) is 0. The van der Waals surface area contributed by atoms with Crippen molar-refractivity contribution in [3.8, 4) is 0 Å². The lowest BCUT2D eigenvalue weighted by Gasteiger charge is -2.04. The zero-order chi connectivity index (χ0) is 40.6. The lowest BCUT2D eigenvalue weighted by atomic mass is 10.0. The largest absolute Gasteiger partial charge is 0.463 e. The van der Waals surface area contributed by atoms with Crippen LogP contribution in [0.2, 0.25) is 0 Å². The Morgan fingerprint density at radius 1 is 0.407 bits per heavy atom. The molecule has 2 nitrogen and oxygen atoms in total. The first-order valence-corrected chi connectivity index (χ1v) is 21.4. The summed E-state index contributed by atoms with van der Waals surface area (Å²) >= 11 is 0. The molecule has 0 fully saturated rings. The molecular formula is C52H84O2. The second-order valence-corrected chi connectivity index (χ2v) is 16.3. The van der Waals surface area contributed by atoms with Crippen LogP contribution >= 0.6 is 0 Å². The van der Waals surface area contributed by atoms with Gasteiger partial charge in [-0.2, -0.15) is 0 Å². The van der Waals surface area contributed by atoms with Crippen LogP contribution in [0, 0.1) is 0 Å². The summed E-state index contributed by atoms with van der Waals surface area (Å²) in [5, 5.41) is 0. The molecule has 0 aliphatic heterocycles. The zero-order valence-electron chi connectivity index (χ0n) is 37.5. The van der Waals surface area contributed by atoms with Crippen molar-refractivity contribution in [2.24, 2.45) is 0 Å². The van der Waals surface area contributed by atoms with E-state index in [2.05, 4.69) is 124 Å². The fourth-order valence-electron chi connectivity index (χ4n) is 6.23. The minimum absolute atomic E-state index is 0.233. The molecule has 0 saturated carbocycles. The molecule has 0 aromatic rings. The van der Waals surface area contributed by atoms with Gasteiger partial charge in [-0.3, -0.25) is 0 Å². The molecular weight excluding hydrogens is 659 g/mol. The smallest absolute Gasteiger partial charge is 0.330 e. The van der Waals surface area contributed by atoms with E-state index < -0.39 is 0 Å². The topological polar surface area (TPSA) is 26.3 Å². The first kappa shape index (κ1) is 50.9. The lowest BCUT2D eigenvalue weighted by Crippen LogP contribution is -2.00. The molecule has 0 saturated heterocycles. The molecule has 0 heterocycles. The minimum Gasteiger partial charge on any atom is -0.463 e. The molecule has 0 spiro atoms. The third kappa shape index (κ3) is 33.4. The monoisotopic (exact) mass is 743 g/mol. The maximum Gasteiger partial charge on any atom is 0.330 e. The van der Waals surface area contributed by atoms with Crippen molar-refractivity contribution < 1.29 is 9.53 Å². The molecule has 0 aliphatic rings. The van der Waals surface area contributed by atoms with Crippen molar-refractivity contribution in [2.45, 2.75) is 199 Å². The van der Waals surface area contributed by atoms with Crippen LogP contribution in [-0.2, 0) is 9.53 Å². The van der Waals surface area contributed by atoms with Gasteiger partial charge in [-0.15, -0.1) is 0 Å². The summed E-state index contributed by atoms with van der Waals surface area (Å²) < 4.78 is 4.99. The molecule has 0 aromatic heterocycles. The molecule has 0 aliphatic carbocycles. The van der Waals surface area contributed by atoms with Gasteiger partial charge in [-0.25, -0.2) is 4.79 Å². The predicted octanol–water partition coefficient (Wildman–Crippen LogP) is 17.1. The molecule has 0 aromatic carbocycles. The van der Waals surface area contributed by atoms with Gasteiger partial charge in [0.2, 0.25) is 0 Å². The number of esters is 1. The van der Waals surface area contributed by atoms with Crippen LogP contribution in [0.5, 0.6) is 0 Å². The van der Waals surface area contributed by atoms with Gasteiger partial charge >= 0.3 is 5.97 Å². The molecule has 0 unspecified atom stereocenters. The third-order valence-corrected chi connectivity index (χ3v) is 9.99. The van der Waals surface area contributed by atoms with Crippen molar-refractivity contribution in [1.29, 1.82) is 0 Å². The Morgan fingerprint density at radius 3 is 0.889 bits per heavy atom. The summed E-state index contributed by atoms with van der Waals surface area (Å²) in [6, 6.07) is 0. The summed E-state index contributed by atoms with van der Waals surface area (Å²) in [6.45, 7) is 26.9. The Balaban J connectivity index is 4.27. The van der Waals surface area contributed by atoms with Crippen LogP contribution in [0.1, 0.15) is 199 Å². The number of hydrogen-bond acceptors (Lipinski definition) is 2. The summed E-state index contributed by atoms with van der Waals surface area (Å²) in [4.78, 5) is 11.6. The van der Waals surface area contributed by atoms with Crippen LogP contribution < -0.4 is 0 Å². The van der Waals surface area contributed by atoms with E-state index in [1.165, 1.54) is 82.3 Å². The van der Waals surface area contributed by atoms with Crippen molar-refractivity contribution in [3.05, 3.63) is 116 Å². The molecule has 54 heavy (non-hydrogen) atoms. The van der Waals surface area contributed by atoms with E-state index in [1.54, 1.807) is 6.08 Å². The minimum atomic E-state index is -0.233. The number of ether oxygens (including phenoxy) is 1. The second-order valence-electron chi connectivity index (χ2n) is 16.3. The highest BCUT2D eigenvalue weighted by Crippen LogP contribution is 2.18. The fourth-order valence-corrected chi connectivity index (χ4v) is 6.23.